The summed E-state index contributed by atoms with van der Waals surface area (Å²) >= 11 is 0. The van der Waals surface area contributed by atoms with Crippen molar-refractivity contribution < 1.29 is 9.53 Å². The lowest BCUT2D eigenvalue weighted by Gasteiger charge is -2.29. The van der Waals surface area contributed by atoms with E-state index in [0.717, 1.165) is 38.9 Å². The molecule has 8 nitrogen and oxygen atoms in total. The summed E-state index contributed by atoms with van der Waals surface area (Å²) in [5.41, 5.74) is 2.58. The molecule has 2 bridgehead atoms. The molecule has 3 aliphatic rings. The van der Waals surface area contributed by atoms with Gasteiger partial charge in [0.1, 0.15) is 0 Å². The van der Waals surface area contributed by atoms with Crippen LogP contribution in [0.5, 0.6) is 0 Å². The Kier molecular flexibility index (Phi) is 4.63. The van der Waals surface area contributed by atoms with Gasteiger partial charge in [0.15, 0.2) is 5.65 Å². The lowest BCUT2D eigenvalue weighted by Crippen LogP contribution is -2.41. The van der Waals surface area contributed by atoms with Gasteiger partial charge in [0.2, 0.25) is 0 Å². The van der Waals surface area contributed by atoms with Crippen LogP contribution in [0.15, 0.2) is 30.0 Å². The molecule has 0 radical (unpaired) electrons. The first-order valence-corrected chi connectivity index (χ1v) is 10.5. The number of nitrogens with zero attached hydrogens (tertiary/aromatic N) is 5. The number of carbonyl (C=O) groups is 1. The zero-order valence-corrected chi connectivity index (χ0v) is 17.0. The summed E-state index contributed by atoms with van der Waals surface area (Å²) in [5.74, 6) is 0.811. The molecule has 0 saturated carbocycles. The van der Waals surface area contributed by atoms with E-state index in [1.54, 1.807) is 18.3 Å². The van der Waals surface area contributed by atoms with E-state index < -0.39 is 0 Å². The van der Waals surface area contributed by atoms with Crippen LogP contribution in [0.4, 0.5) is 0 Å². The number of carbonyl (C=O) groups excluding carboxylic acids is 1. The van der Waals surface area contributed by atoms with E-state index in [4.69, 9.17) is 4.74 Å². The number of hydrogen-bond donors (Lipinski definition) is 1. The van der Waals surface area contributed by atoms with E-state index in [-0.39, 0.29) is 17.6 Å². The van der Waals surface area contributed by atoms with Gasteiger partial charge in [-0.25, -0.2) is 0 Å². The lowest BCUT2D eigenvalue weighted by molar-refractivity contribution is 0.00290. The fourth-order valence-electron chi connectivity index (χ4n) is 5.45. The average molecular weight is 396 g/mol. The molecule has 2 aromatic rings. The molecule has 3 aliphatic heterocycles. The van der Waals surface area contributed by atoms with Crippen molar-refractivity contribution in [3.05, 3.63) is 35.5 Å². The molecule has 1 spiro atoms. The number of nitrogens with one attached hydrogen (secondary N) is 1. The van der Waals surface area contributed by atoms with Crippen molar-refractivity contribution in [1.82, 2.24) is 30.3 Å². The van der Waals surface area contributed by atoms with Gasteiger partial charge in [-0.05, 0) is 55.7 Å². The fraction of sp³-hybridized carbons (Fsp3) is 0.619. The Morgan fingerprint density at radius 3 is 3.17 bits per heavy atom. The lowest BCUT2D eigenvalue weighted by atomic mass is 9.73. The van der Waals surface area contributed by atoms with Gasteiger partial charge in [-0.3, -0.25) is 9.69 Å². The van der Waals surface area contributed by atoms with Crippen LogP contribution in [0.1, 0.15) is 43.5 Å². The Bertz CT molecular complexity index is 952. The van der Waals surface area contributed by atoms with Crippen LogP contribution in [0, 0.1) is 11.8 Å². The van der Waals surface area contributed by atoms with Crippen LogP contribution in [-0.4, -0.2) is 68.7 Å². The molecule has 29 heavy (non-hydrogen) atoms. The first-order chi connectivity index (χ1) is 14.0. The van der Waals surface area contributed by atoms with Gasteiger partial charge in [0.25, 0.3) is 5.91 Å². The molecule has 154 valence electrons. The van der Waals surface area contributed by atoms with E-state index in [0.29, 0.717) is 29.6 Å². The van der Waals surface area contributed by atoms with Crippen molar-refractivity contribution in [2.45, 2.75) is 44.8 Å². The third kappa shape index (κ3) is 3.34. The van der Waals surface area contributed by atoms with Crippen LogP contribution < -0.4 is 5.32 Å². The molecular weight excluding hydrogens is 368 g/mol. The maximum atomic E-state index is 12.7. The molecule has 4 atom stereocenters. The first-order valence-electron chi connectivity index (χ1n) is 10.5. The molecule has 0 unspecified atom stereocenters. The minimum atomic E-state index is -0.0855. The van der Waals surface area contributed by atoms with Gasteiger partial charge < -0.3 is 10.1 Å². The highest BCUT2D eigenvalue weighted by Crippen LogP contribution is 2.54. The largest absolute Gasteiger partial charge is 0.370 e. The van der Waals surface area contributed by atoms with Crippen molar-refractivity contribution >= 4 is 11.6 Å². The molecule has 1 N–H and O–H groups in total. The minimum Gasteiger partial charge on any atom is -0.370 e. The maximum Gasteiger partial charge on any atom is 0.252 e. The number of ether oxygens (including phenoxy) is 1. The van der Waals surface area contributed by atoms with E-state index >= 15 is 0 Å². The molecular formula is C21H28N6O2. The standard InChI is InChI=1S/C21H28N6O2/c1-14(2)4-3-9-26-12-17-16(18-7-8-21(17,13-26)29-18)10-22-20(28)15-5-6-19-23-24-25-27(19)11-15/h4-6,11,16-18H,3,7-10,12-13H2,1-2H3,(H,22,28)/t16-,17+,18+,21+/m0/s1. The highest BCUT2D eigenvalue weighted by atomic mass is 16.5. The third-order valence-corrected chi connectivity index (χ3v) is 6.80. The Balaban J connectivity index is 1.22. The summed E-state index contributed by atoms with van der Waals surface area (Å²) < 4.78 is 8.02. The van der Waals surface area contributed by atoms with Gasteiger partial charge in [-0.2, -0.15) is 4.52 Å². The number of hydrogen-bond acceptors (Lipinski definition) is 6. The molecule has 5 rings (SSSR count). The van der Waals surface area contributed by atoms with Crippen molar-refractivity contribution in [1.29, 1.82) is 0 Å². The smallest absolute Gasteiger partial charge is 0.252 e. The van der Waals surface area contributed by atoms with Crippen LogP contribution in [0.25, 0.3) is 5.65 Å². The topological polar surface area (TPSA) is 84.7 Å². The maximum absolute atomic E-state index is 12.7. The highest BCUT2D eigenvalue weighted by molar-refractivity contribution is 5.94. The molecule has 8 heteroatoms. The number of pyridine rings is 1. The van der Waals surface area contributed by atoms with Gasteiger partial charge in [-0.15, -0.1) is 5.10 Å². The van der Waals surface area contributed by atoms with E-state index in [1.807, 2.05) is 0 Å². The Hall–Kier alpha value is -2.32. The predicted molar refractivity (Wildman–Crippen MR) is 107 cm³/mol. The fourth-order valence-corrected chi connectivity index (χ4v) is 5.45. The number of fused-ring (bicyclic) bond motifs is 2. The van der Waals surface area contributed by atoms with Crippen LogP contribution in [0.3, 0.4) is 0 Å². The Morgan fingerprint density at radius 1 is 1.41 bits per heavy atom. The SMILES string of the molecule is CC(C)=CCCN1C[C@@H]2[C@H](CNC(=O)c3ccc4nnnn4c3)[C@H]3CC[C@]2(C1)O3. The van der Waals surface area contributed by atoms with E-state index in [9.17, 15) is 4.79 Å². The Labute approximate surface area is 170 Å². The minimum absolute atomic E-state index is 0.0103. The number of amides is 1. The number of aromatic nitrogens is 4. The third-order valence-electron chi connectivity index (χ3n) is 6.80. The molecule has 3 saturated heterocycles. The zero-order valence-electron chi connectivity index (χ0n) is 17.0. The second-order valence-corrected chi connectivity index (χ2v) is 8.94. The van der Waals surface area contributed by atoms with E-state index in [2.05, 4.69) is 45.7 Å². The average Bonchev–Trinajstić information content (AvgIpc) is 3.44. The number of allylic oxidation sites excluding steroid dienone is 1. The van der Waals surface area contributed by atoms with Gasteiger partial charge >= 0.3 is 0 Å². The summed E-state index contributed by atoms with van der Waals surface area (Å²) in [6.45, 7) is 8.15. The van der Waals surface area contributed by atoms with Crippen molar-refractivity contribution in [3.63, 3.8) is 0 Å². The van der Waals surface area contributed by atoms with Crippen LogP contribution in [-0.2, 0) is 4.74 Å². The van der Waals surface area contributed by atoms with Crippen LogP contribution in [0.2, 0.25) is 0 Å². The molecule has 3 fully saturated rings. The molecule has 5 heterocycles. The van der Waals surface area contributed by atoms with E-state index in [1.165, 1.54) is 10.1 Å². The number of tetrazole rings is 1. The highest BCUT2D eigenvalue weighted by Gasteiger charge is 2.62. The normalized spacial score (nSPS) is 30.6. The second kappa shape index (κ2) is 7.18. The number of likely N-dealkylation sites (tertiary alicyclic amines) is 1. The molecule has 0 aromatic carbocycles. The van der Waals surface area contributed by atoms with Crippen molar-refractivity contribution in [2.24, 2.45) is 11.8 Å². The Morgan fingerprint density at radius 2 is 2.31 bits per heavy atom. The van der Waals surface area contributed by atoms with Gasteiger partial charge in [0, 0.05) is 44.2 Å². The summed E-state index contributed by atoms with van der Waals surface area (Å²) in [5, 5.41) is 14.5. The molecule has 2 aromatic heterocycles. The number of rotatable bonds is 6. The monoisotopic (exact) mass is 396 g/mol. The molecule has 0 aliphatic carbocycles. The predicted octanol–water partition coefficient (Wildman–Crippen LogP) is 1.69. The second-order valence-electron chi connectivity index (χ2n) is 8.94. The summed E-state index contributed by atoms with van der Waals surface area (Å²) in [4.78, 5) is 15.2. The summed E-state index contributed by atoms with van der Waals surface area (Å²) in [6, 6.07) is 3.52. The van der Waals surface area contributed by atoms with Crippen LogP contribution >= 0.6 is 0 Å². The van der Waals surface area contributed by atoms with Crippen molar-refractivity contribution in [2.75, 3.05) is 26.2 Å². The first kappa shape index (κ1) is 18.7. The van der Waals surface area contributed by atoms with Crippen molar-refractivity contribution in [3.8, 4) is 0 Å². The quantitative estimate of drug-likeness (QED) is 0.748. The summed E-state index contributed by atoms with van der Waals surface area (Å²) in [6.07, 6.45) is 7.61. The molecule has 1 amide bonds. The summed E-state index contributed by atoms with van der Waals surface area (Å²) in [7, 11) is 0. The van der Waals surface area contributed by atoms with Gasteiger partial charge in [-0.1, -0.05) is 11.6 Å². The zero-order chi connectivity index (χ0) is 20.0. The van der Waals surface area contributed by atoms with Gasteiger partial charge in [0.05, 0.1) is 17.3 Å².